The molecule has 0 saturated carbocycles. The lowest BCUT2D eigenvalue weighted by atomic mass is 10.2. The summed E-state index contributed by atoms with van der Waals surface area (Å²) >= 11 is 1.14. The van der Waals surface area contributed by atoms with E-state index < -0.39 is 11.7 Å². The number of ether oxygens (including phenoxy) is 1. The second-order valence-electron chi connectivity index (χ2n) is 5.57. The van der Waals surface area contributed by atoms with Crippen LogP contribution in [0.4, 0.5) is 18.9 Å². The lowest BCUT2D eigenvalue weighted by Crippen LogP contribution is -2.15. The van der Waals surface area contributed by atoms with Crippen molar-refractivity contribution in [3.8, 4) is 11.4 Å². The number of aromatic nitrogens is 3. The Morgan fingerprint density at radius 2 is 1.89 bits per heavy atom. The van der Waals surface area contributed by atoms with Crippen molar-refractivity contribution >= 4 is 23.4 Å². The molecular weight excluding hydrogens is 393 g/mol. The summed E-state index contributed by atoms with van der Waals surface area (Å²) in [5.41, 5.74) is 0.232. The first kappa shape index (κ1) is 19.7. The standard InChI is InChI=1S/C18H15F3N4O2S/c1-27-15-5-3-2-4-14(15)25-11-22-24-17(25)28-10-16(26)23-13-8-6-12(7-9-13)18(19,20)21/h2-9,11H,10H2,1H3,(H,23,26). The summed E-state index contributed by atoms with van der Waals surface area (Å²) < 4.78 is 44.7. The number of thioether (sulfide) groups is 1. The largest absolute Gasteiger partial charge is 0.495 e. The Morgan fingerprint density at radius 1 is 1.18 bits per heavy atom. The first-order valence-corrected chi connectivity index (χ1v) is 9.00. The SMILES string of the molecule is COc1ccccc1-n1cnnc1SCC(=O)Nc1ccc(C(F)(F)F)cc1. The van der Waals surface area contributed by atoms with Crippen LogP contribution < -0.4 is 10.1 Å². The van der Waals surface area contributed by atoms with E-state index in [4.69, 9.17) is 4.74 Å². The average Bonchev–Trinajstić information content (AvgIpc) is 3.14. The molecule has 0 bridgehead atoms. The van der Waals surface area contributed by atoms with Crippen LogP contribution in [0.1, 0.15) is 5.56 Å². The Labute approximate surface area is 162 Å². The summed E-state index contributed by atoms with van der Waals surface area (Å²) in [4.78, 5) is 12.1. The molecule has 0 radical (unpaired) electrons. The van der Waals surface area contributed by atoms with Crippen LogP contribution in [0.5, 0.6) is 5.75 Å². The van der Waals surface area contributed by atoms with E-state index in [-0.39, 0.29) is 17.3 Å². The van der Waals surface area contributed by atoms with Crippen molar-refractivity contribution in [2.75, 3.05) is 18.2 Å². The monoisotopic (exact) mass is 408 g/mol. The van der Waals surface area contributed by atoms with Gasteiger partial charge in [-0.2, -0.15) is 13.2 Å². The van der Waals surface area contributed by atoms with Crippen LogP contribution in [0.25, 0.3) is 5.69 Å². The van der Waals surface area contributed by atoms with E-state index in [1.54, 1.807) is 17.7 Å². The fourth-order valence-corrected chi connectivity index (χ4v) is 3.11. The van der Waals surface area contributed by atoms with Crippen molar-refractivity contribution in [2.24, 2.45) is 0 Å². The number of benzene rings is 2. The summed E-state index contributed by atoms with van der Waals surface area (Å²) in [7, 11) is 1.55. The molecule has 0 aliphatic carbocycles. The number of hydrogen-bond donors (Lipinski definition) is 1. The van der Waals surface area contributed by atoms with Crippen molar-refractivity contribution in [3.05, 3.63) is 60.4 Å². The smallest absolute Gasteiger partial charge is 0.416 e. The van der Waals surface area contributed by atoms with Crippen molar-refractivity contribution in [3.63, 3.8) is 0 Å². The van der Waals surface area contributed by atoms with Gasteiger partial charge in [0, 0.05) is 5.69 Å². The molecule has 1 amide bonds. The number of anilines is 1. The number of nitrogens with one attached hydrogen (secondary N) is 1. The maximum absolute atomic E-state index is 12.6. The molecule has 0 fully saturated rings. The minimum atomic E-state index is -4.42. The third kappa shape index (κ3) is 4.63. The lowest BCUT2D eigenvalue weighted by Gasteiger charge is -2.11. The number of alkyl halides is 3. The van der Waals surface area contributed by atoms with Gasteiger partial charge in [0.15, 0.2) is 5.16 Å². The van der Waals surface area contributed by atoms with Crippen molar-refractivity contribution < 1.29 is 22.7 Å². The summed E-state index contributed by atoms with van der Waals surface area (Å²) in [6.07, 6.45) is -2.91. The quantitative estimate of drug-likeness (QED) is 0.624. The highest BCUT2D eigenvalue weighted by atomic mass is 32.2. The molecule has 10 heteroatoms. The zero-order valence-corrected chi connectivity index (χ0v) is 15.4. The second kappa shape index (κ2) is 8.34. The summed E-state index contributed by atoms with van der Waals surface area (Å²) in [5, 5.41) is 10.9. The topological polar surface area (TPSA) is 69.0 Å². The minimum absolute atomic E-state index is 0.00879. The second-order valence-corrected chi connectivity index (χ2v) is 6.51. The van der Waals surface area contributed by atoms with E-state index in [1.165, 1.54) is 18.5 Å². The number of rotatable bonds is 6. The zero-order chi connectivity index (χ0) is 20.1. The van der Waals surface area contributed by atoms with Gasteiger partial charge in [-0.1, -0.05) is 23.9 Å². The predicted octanol–water partition coefficient (Wildman–Crippen LogP) is 4.03. The van der Waals surface area contributed by atoms with Gasteiger partial charge in [-0.3, -0.25) is 9.36 Å². The first-order valence-electron chi connectivity index (χ1n) is 8.02. The molecule has 1 N–H and O–H groups in total. The molecule has 3 rings (SSSR count). The fraction of sp³-hybridized carbons (Fsp3) is 0.167. The number of carbonyl (C=O) groups excluding carboxylic acids is 1. The van der Waals surface area contributed by atoms with Gasteiger partial charge in [0.1, 0.15) is 12.1 Å². The van der Waals surface area contributed by atoms with Crippen LogP contribution in [0.15, 0.2) is 60.0 Å². The van der Waals surface area contributed by atoms with Crippen molar-refractivity contribution in [1.82, 2.24) is 14.8 Å². The van der Waals surface area contributed by atoms with Crippen LogP contribution in [0.3, 0.4) is 0 Å². The summed E-state index contributed by atoms with van der Waals surface area (Å²) in [6.45, 7) is 0. The summed E-state index contributed by atoms with van der Waals surface area (Å²) in [5.74, 6) is 0.257. The third-order valence-electron chi connectivity index (χ3n) is 3.69. The molecule has 0 unspecified atom stereocenters. The number of para-hydroxylation sites is 2. The van der Waals surface area contributed by atoms with Gasteiger partial charge in [0.2, 0.25) is 5.91 Å². The van der Waals surface area contributed by atoms with Crippen LogP contribution in [0, 0.1) is 0 Å². The van der Waals surface area contributed by atoms with Crippen LogP contribution in [-0.2, 0) is 11.0 Å². The van der Waals surface area contributed by atoms with Gasteiger partial charge in [-0.25, -0.2) is 0 Å². The average molecular weight is 408 g/mol. The van der Waals surface area contributed by atoms with Crippen LogP contribution >= 0.6 is 11.8 Å². The van der Waals surface area contributed by atoms with Gasteiger partial charge < -0.3 is 10.1 Å². The molecule has 0 saturated heterocycles. The number of hydrogen-bond acceptors (Lipinski definition) is 5. The van der Waals surface area contributed by atoms with Crippen molar-refractivity contribution in [2.45, 2.75) is 11.3 Å². The summed E-state index contributed by atoms with van der Waals surface area (Å²) in [6, 6.07) is 11.5. The van der Waals surface area contributed by atoms with E-state index in [1.807, 2.05) is 18.2 Å². The Kier molecular flexibility index (Phi) is 5.88. The fourth-order valence-electron chi connectivity index (χ4n) is 2.39. The highest BCUT2D eigenvalue weighted by Gasteiger charge is 2.30. The molecule has 0 aliphatic rings. The van der Waals surface area contributed by atoms with Gasteiger partial charge in [-0.05, 0) is 36.4 Å². The Hall–Kier alpha value is -3.01. The highest BCUT2D eigenvalue weighted by molar-refractivity contribution is 7.99. The maximum atomic E-state index is 12.6. The molecule has 146 valence electrons. The molecular formula is C18H15F3N4O2S. The van der Waals surface area contributed by atoms with E-state index in [0.717, 1.165) is 29.6 Å². The number of halogens is 3. The van der Waals surface area contributed by atoms with E-state index >= 15 is 0 Å². The van der Waals surface area contributed by atoms with Gasteiger partial charge in [0.25, 0.3) is 0 Å². The normalized spacial score (nSPS) is 11.3. The molecule has 0 atom stereocenters. The molecule has 2 aromatic carbocycles. The lowest BCUT2D eigenvalue weighted by molar-refractivity contribution is -0.137. The van der Waals surface area contributed by atoms with Gasteiger partial charge in [-0.15, -0.1) is 10.2 Å². The molecule has 6 nitrogen and oxygen atoms in total. The molecule has 1 aromatic heterocycles. The van der Waals surface area contributed by atoms with E-state index in [0.29, 0.717) is 10.9 Å². The Morgan fingerprint density at radius 3 is 2.57 bits per heavy atom. The zero-order valence-electron chi connectivity index (χ0n) is 14.6. The third-order valence-corrected chi connectivity index (χ3v) is 4.63. The highest BCUT2D eigenvalue weighted by Crippen LogP contribution is 2.30. The number of nitrogens with zero attached hydrogens (tertiary/aromatic N) is 3. The first-order chi connectivity index (χ1) is 13.4. The molecule has 1 heterocycles. The number of amides is 1. The van der Waals surface area contributed by atoms with Crippen molar-refractivity contribution in [1.29, 1.82) is 0 Å². The van der Waals surface area contributed by atoms with E-state index in [2.05, 4.69) is 15.5 Å². The van der Waals surface area contributed by atoms with Crippen LogP contribution in [0.2, 0.25) is 0 Å². The number of carbonyl (C=O) groups is 1. The molecule has 3 aromatic rings. The van der Waals surface area contributed by atoms with Crippen LogP contribution in [-0.4, -0.2) is 33.5 Å². The minimum Gasteiger partial charge on any atom is -0.495 e. The van der Waals surface area contributed by atoms with Gasteiger partial charge in [0.05, 0.1) is 24.1 Å². The molecule has 28 heavy (non-hydrogen) atoms. The molecule has 0 spiro atoms. The molecule has 0 aliphatic heterocycles. The number of methoxy groups -OCH3 is 1. The Bertz CT molecular complexity index is 958. The Balaban J connectivity index is 1.64. The maximum Gasteiger partial charge on any atom is 0.416 e. The predicted molar refractivity (Wildman–Crippen MR) is 98.7 cm³/mol. The van der Waals surface area contributed by atoms with Gasteiger partial charge >= 0.3 is 6.18 Å². The van der Waals surface area contributed by atoms with E-state index in [9.17, 15) is 18.0 Å².